The van der Waals surface area contributed by atoms with Gasteiger partial charge in [-0.25, -0.2) is 5.01 Å². The first-order valence-electron chi connectivity index (χ1n) is 4.06. The van der Waals surface area contributed by atoms with Crippen LogP contribution in [0.5, 0.6) is 0 Å². The van der Waals surface area contributed by atoms with Crippen molar-refractivity contribution in [2.24, 2.45) is 0 Å². The Kier molecular flexibility index (Phi) is 3.72. The normalized spacial score (nSPS) is 22.5. The van der Waals surface area contributed by atoms with E-state index in [-0.39, 0.29) is 0 Å². The first kappa shape index (κ1) is 7.98. The topological polar surface area (TPSA) is 29.4 Å². The van der Waals surface area contributed by atoms with Crippen molar-refractivity contribution in [1.29, 1.82) is 0 Å². The molecule has 0 bridgehead atoms. The summed E-state index contributed by atoms with van der Waals surface area (Å²) in [5.74, 6) is 0. The molecule has 0 amide bonds. The molecule has 0 aliphatic carbocycles. The van der Waals surface area contributed by atoms with Gasteiger partial charge in [-0.15, -0.1) is 0 Å². The van der Waals surface area contributed by atoms with Gasteiger partial charge >= 0.3 is 0 Å². The molecule has 0 aromatic carbocycles. The Hall–Kier alpha value is -0.120. The molecule has 1 heterocycles. The van der Waals surface area contributed by atoms with Crippen molar-refractivity contribution in [1.82, 2.24) is 15.8 Å². The first-order chi connectivity index (χ1) is 4.93. The maximum absolute atomic E-state index is 4.34. The summed E-state index contributed by atoms with van der Waals surface area (Å²) in [4.78, 5) is 0. The van der Waals surface area contributed by atoms with Crippen LogP contribution in [0.2, 0.25) is 0 Å². The molecule has 1 fully saturated rings. The molecule has 1 aliphatic rings. The molecule has 1 aliphatic heterocycles. The van der Waals surface area contributed by atoms with Crippen molar-refractivity contribution < 1.29 is 0 Å². The fraction of sp³-hybridized carbons (Fsp3) is 1.00. The monoisotopic (exact) mass is 142 g/mol. The van der Waals surface area contributed by atoms with Crippen molar-refractivity contribution in [3.63, 3.8) is 0 Å². The SMILES string of the molecule is CC[N]N1CCCNCC1. The Morgan fingerprint density at radius 2 is 2.30 bits per heavy atom. The second-order valence-electron chi connectivity index (χ2n) is 2.51. The number of nitrogens with zero attached hydrogens (tertiary/aromatic N) is 2. The lowest BCUT2D eigenvalue weighted by atomic mass is 10.4. The van der Waals surface area contributed by atoms with Gasteiger partial charge in [-0.2, -0.15) is 5.43 Å². The molecular weight excluding hydrogens is 126 g/mol. The van der Waals surface area contributed by atoms with E-state index in [9.17, 15) is 0 Å². The van der Waals surface area contributed by atoms with Crippen LogP contribution in [0, 0.1) is 0 Å². The molecule has 1 saturated heterocycles. The molecular formula is C7H16N3. The lowest BCUT2D eigenvalue weighted by Gasteiger charge is -2.16. The fourth-order valence-electron chi connectivity index (χ4n) is 1.17. The van der Waals surface area contributed by atoms with Crippen LogP contribution in [0.4, 0.5) is 0 Å². The molecule has 0 unspecified atom stereocenters. The van der Waals surface area contributed by atoms with Gasteiger partial charge in [-0.05, 0) is 19.9 Å². The van der Waals surface area contributed by atoms with E-state index in [0.29, 0.717) is 0 Å². The fourth-order valence-corrected chi connectivity index (χ4v) is 1.17. The maximum Gasteiger partial charge on any atom is 0.0278 e. The molecule has 3 nitrogen and oxygen atoms in total. The maximum atomic E-state index is 4.34. The van der Waals surface area contributed by atoms with E-state index >= 15 is 0 Å². The number of nitrogens with one attached hydrogen (secondary N) is 1. The van der Waals surface area contributed by atoms with Crippen LogP contribution in [0.3, 0.4) is 0 Å². The Balaban J connectivity index is 2.15. The standard InChI is InChI=1S/C7H16N3/c1-2-9-10-6-3-4-8-5-7-10/h8H,2-7H2,1H3. The zero-order valence-electron chi connectivity index (χ0n) is 6.64. The minimum Gasteiger partial charge on any atom is -0.315 e. The molecule has 0 spiro atoms. The third kappa shape index (κ3) is 2.64. The molecule has 0 aromatic heterocycles. The quantitative estimate of drug-likeness (QED) is 0.579. The van der Waals surface area contributed by atoms with Crippen LogP contribution in [-0.4, -0.2) is 37.7 Å². The second-order valence-corrected chi connectivity index (χ2v) is 2.51. The third-order valence-corrected chi connectivity index (χ3v) is 1.66. The summed E-state index contributed by atoms with van der Waals surface area (Å²) in [7, 11) is 0. The van der Waals surface area contributed by atoms with Crippen molar-refractivity contribution in [3.8, 4) is 0 Å². The number of rotatable bonds is 2. The molecule has 3 heteroatoms. The summed E-state index contributed by atoms with van der Waals surface area (Å²) in [5, 5.41) is 5.50. The minimum absolute atomic E-state index is 0.917. The van der Waals surface area contributed by atoms with Gasteiger partial charge in [0.05, 0.1) is 0 Å². The number of hydrogen-bond donors (Lipinski definition) is 1. The van der Waals surface area contributed by atoms with Crippen molar-refractivity contribution in [2.45, 2.75) is 13.3 Å². The van der Waals surface area contributed by atoms with Gasteiger partial charge in [0, 0.05) is 26.2 Å². The molecule has 10 heavy (non-hydrogen) atoms. The Labute approximate surface area is 62.8 Å². The van der Waals surface area contributed by atoms with Gasteiger partial charge in [0.2, 0.25) is 0 Å². The predicted molar refractivity (Wildman–Crippen MR) is 41.7 cm³/mol. The third-order valence-electron chi connectivity index (χ3n) is 1.66. The lowest BCUT2D eigenvalue weighted by Crippen LogP contribution is -2.34. The summed E-state index contributed by atoms with van der Waals surface area (Å²) in [5.41, 5.74) is 4.34. The van der Waals surface area contributed by atoms with Crippen LogP contribution in [0.15, 0.2) is 0 Å². The van der Waals surface area contributed by atoms with Crippen LogP contribution in [0.25, 0.3) is 0 Å². The first-order valence-corrected chi connectivity index (χ1v) is 4.06. The highest BCUT2D eigenvalue weighted by atomic mass is 15.5. The van der Waals surface area contributed by atoms with Crippen molar-refractivity contribution in [3.05, 3.63) is 0 Å². The summed E-state index contributed by atoms with van der Waals surface area (Å²) >= 11 is 0. The van der Waals surface area contributed by atoms with Crippen LogP contribution >= 0.6 is 0 Å². The highest BCUT2D eigenvalue weighted by Crippen LogP contribution is 1.90. The summed E-state index contributed by atoms with van der Waals surface area (Å²) in [6.45, 7) is 7.44. The Morgan fingerprint density at radius 1 is 1.40 bits per heavy atom. The van der Waals surface area contributed by atoms with Gasteiger partial charge in [-0.1, -0.05) is 0 Å². The summed E-state index contributed by atoms with van der Waals surface area (Å²) in [6.07, 6.45) is 1.23. The molecule has 59 valence electrons. The Bertz CT molecular complexity index is 76.9. The smallest absolute Gasteiger partial charge is 0.0278 e. The van der Waals surface area contributed by atoms with Gasteiger partial charge < -0.3 is 5.32 Å². The molecule has 1 radical (unpaired) electrons. The molecule has 0 aromatic rings. The largest absolute Gasteiger partial charge is 0.315 e. The van der Waals surface area contributed by atoms with Gasteiger partial charge in [-0.3, -0.25) is 0 Å². The van der Waals surface area contributed by atoms with Crippen LogP contribution < -0.4 is 10.7 Å². The predicted octanol–water partition coefficient (Wildman–Crippen LogP) is -0.179. The zero-order chi connectivity index (χ0) is 7.23. The van der Waals surface area contributed by atoms with Crippen molar-refractivity contribution in [2.75, 3.05) is 32.7 Å². The van der Waals surface area contributed by atoms with Gasteiger partial charge in [0.15, 0.2) is 0 Å². The number of hydrogen-bond acceptors (Lipinski definition) is 2. The average Bonchev–Trinajstić information content (AvgIpc) is 2.17. The van der Waals surface area contributed by atoms with Crippen LogP contribution in [-0.2, 0) is 0 Å². The molecule has 1 N–H and O–H groups in total. The van der Waals surface area contributed by atoms with E-state index in [1.165, 1.54) is 6.42 Å². The average molecular weight is 142 g/mol. The lowest BCUT2D eigenvalue weighted by molar-refractivity contribution is 0.198. The highest BCUT2D eigenvalue weighted by molar-refractivity contribution is 4.61. The summed E-state index contributed by atoms with van der Waals surface area (Å²) < 4.78 is 0. The summed E-state index contributed by atoms with van der Waals surface area (Å²) in [6, 6.07) is 0. The highest BCUT2D eigenvalue weighted by Gasteiger charge is 2.06. The van der Waals surface area contributed by atoms with Gasteiger partial charge in [0.1, 0.15) is 0 Å². The molecule has 0 atom stereocenters. The van der Waals surface area contributed by atoms with E-state index in [1.807, 2.05) is 0 Å². The molecule has 1 rings (SSSR count). The van der Waals surface area contributed by atoms with E-state index in [4.69, 9.17) is 0 Å². The molecule has 0 saturated carbocycles. The van der Waals surface area contributed by atoms with E-state index in [1.54, 1.807) is 0 Å². The zero-order valence-corrected chi connectivity index (χ0v) is 6.64. The van der Waals surface area contributed by atoms with E-state index in [2.05, 4.69) is 22.7 Å². The van der Waals surface area contributed by atoms with Crippen molar-refractivity contribution >= 4 is 0 Å². The Morgan fingerprint density at radius 3 is 3.10 bits per heavy atom. The minimum atomic E-state index is 0.917. The van der Waals surface area contributed by atoms with E-state index in [0.717, 1.165) is 32.7 Å². The van der Waals surface area contributed by atoms with Gasteiger partial charge in [0.25, 0.3) is 0 Å². The van der Waals surface area contributed by atoms with Crippen LogP contribution in [0.1, 0.15) is 13.3 Å². The van der Waals surface area contributed by atoms with E-state index < -0.39 is 0 Å². The second kappa shape index (κ2) is 4.66.